The van der Waals surface area contributed by atoms with Crippen LogP contribution in [0, 0.1) is 23.7 Å². The predicted molar refractivity (Wildman–Crippen MR) is 67.9 cm³/mol. The Bertz CT molecular complexity index is 140. The molecular formula is C14H30O. The van der Waals surface area contributed by atoms with Crippen LogP contribution in [0.25, 0.3) is 0 Å². The maximum absolute atomic E-state index is 9.13. The third kappa shape index (κ3) is 6.94. The Hall–Kier alpha value is -0.0400. The minimum atomic E-state index is 0.353. The van der Waals surface area contributed by atoms with Gasteiger partial charge in [-0.3, -0.25) is 0 Å². The third-order valence-corrected chi connectivity index (χ3v) is 3.24. The normalized spacial score (nSPS) is 16.0. The van der Waals surface area contributed by atoms with Crippen LogP contribution in [0.3, 0.4) is 0 Å². The molecule has 0 aromatic rings. The van der Waals surface area contributed by atoms with Crippen LogP contribution in [0.2, 0.25) is 0 Å². The molecule has 0 amide bonds. The molecule has 0 aromatic heterocycles. The summed E-state index contributed by atoms with van der Waals surface area (Å²) in [6.07, 6.45) is 4.83. The zero-order chi connectivity index (χ0) is 11.8. The fourth-order valence-corrected chi connectivity index (χ4v) is 2.62. The Balaban J connectivity index is 4.25. The van der Waals surface area contributed by atoms with Crippen molar-refractivity contribution in [3.8, 4) is 0 Å². The van der Waals surface area contributed by atoms with Gasteiger partial charge in [-0.1, -0.05) is 41.0 Å². The SMILES string of the molecule is CCC(CC(C)C)C(CCO)CC(C)C. The monoisotopic (exact) mass is 214 g/mol. The van der Waals surface area contributed by atoms with Gasteiger partial charge >= 0.3 is 0 Å². The van der Waals surface area contributed by atoms with E-state index in [-0.39, 0.29) is 0 Å². The fourth-order valence-electron chi connectivity index (χ4n) is 2.62. The quantitative estimate of drug-likeness (QED) is 0.645. The van der Waals surface area contributed by atoms with Crippen molar-refractivity contribution in [2.24, 2.45) is 23.7 Å². The number of aliphatic hydroxyl groups excluding tert-OH is 1. The summed E-state index contributed by atoms with van der Waals surface area (Å²) in [4.78, 5) is 0. The first-order valence-corrected chi connectivity index (χ1v) is 6.62. The van der Waals surface area contributed by atoms with E-state index in [1.807, 2.05) is 0 Å². The fraction of sp³-hybridized carbons (Fsp3) is 1.00. The number of rotatable bonds is 8. The maximum atomic E-state index is 9.13. The highest BCUT2D eigenvalue weighted by atomic mass is 16.3. The second kappa shape index (κ2) is 8.15. The molecule has 1 nitrogen and oxygen atoms in total. The molecule has 15 heavy (non-hydrogen) atoms. The third-order valence-electron chi connectivity index (χ3n) is 3.24. The van der Waals surface area contributed by atoms with Gasteiger partial charge in [0.15, 0.2) is 0 Å². The van der Waals surface area contributed by atoms with Crippen LogP contribution in [-0.2, 0) is 0 Å². The van der Waals surface area contributed by atoms with E-state index in [1.54, 1.807) is 0 Å². The Labute approximate surface area is 96.3 Å². The van der Waals surface area contributed by atoms with E-state index in [2.05, 4.69) is 34.6 Å². The minimum absolute atomic E-state index is 0.353. The van der Waals surface area contributed by atoms with Crippen LogP contribution >= 0.6 is 0 Å². The van der Waals surface area contributed by atoms with Crippen molar-refractivity contribution >= 4 is 0 Å². The second-order valence-corrected chi connectivity index (χ2v) is 5.70. The Kier molecular flexibility index (Phi) is 8.13. The van der Waals surface area contributed by atoms with Gasteiger partial charge in [-0.25, -0.2) is 0 Å². The van der Waals surface area contributed by atoms with Crippen LogP contribution < -0.4 is 0 Å². The molecule has 0 saturated carbocycles. The molecule has 0 fully saturated rings. The summed E-state index contributed by atoms with van der Waals surface area (Å²) >= 11 is 0. The summed E-state index contributed by atoms with van der Waals surface area (Å²) in [7, 11) is 0. The molecule has 0 aliphatic carbocycles. The van der Waals surface area contributed by atoms with E-state index in [0.29, 0.717) is 6.61 Å². The molecule has 0 bridgehead atoms. The van der Waals surface area contributed by atoms with E-state index < -0.39 is 0 Å². The Morgan fingerprint density at radius 2 is 1.33 bits per heavy atom. The van der Waals surface area contributed by atoms with Crippen molar-refractivity contribution in [3.63, 3.8) is 0 Å². The molecule has 2 unspecified atom stereocenters. The number of hydrogen-bond acceptors (Lipinski definition) is 1. The van der Waals surface area contributed by atoms with Gasteiger partial charge in [0.05, 0.1) is 0 Å². The number of aliphatic hydroxyl groups is 1. The van der Waals surface area contributed by atoms with Gasteiger partial charge in [-0.15, -0.1) is 0 Å². The topological polar surface area (TPSA) is 20.2 Å². The average Bonchev–Trinajstić information content (AvgIpc) is 2.12. The first-order valence-electron chi connectivity index (χ1n) is 6.62. The largest absolute Gasteiger partial charge is 0.396 e. The maximum Gasteiger partial charge on any atom is 0.0433 e. The molecular weight excluding hydrogens is 184 g/mol. The first-order chi connectivity index (χ1) is 7.01. The molecule has 0 spiro atoms. The van der Waals surface area contributed by atoms with Crippen molar-refractivity contribution in [1.29, 1.82) is 0 Å². The zero-order valence-electron chi connectivity index (χ0n) is 11.3. The molecule has 0 saturated heterocycles. The van der Waals surface area contributed by atoms with Crippen molar-refractivity contribution < 1.29 is 5.11 Å². The highest BCUT2D eigenvalue weighted by Gasteiger charge is 2.21. The van der Waals surface area contributed by atoms with Crippen molar-refractivity contribution in [2.75, 3.05) is 6.61 Å². The first kappa shape index (κ1) is 15.0. The molecule has 1 heteroatoms. The lowest BCUT2D eigenvalue weighted by atomic mass is 9.78. The van der Waals surface area contributed by atoms with Crippen LogP contribution in [0.1, 0.15) is 60.3 Å². The van der Waals surface area contributed by atoms with Gasteiger partial charge in [0.2, 0.25) is 0 Å². The highest BCUT2D eigenvalue weighted by molar-refractivity contribution is 4.72. The summed E-state index contributed by atoms with van der Waals surface area (Å²) in [6, 6.07) is 0. The van der Waals surface area contributed by atoms with Crippen LogP contribution in [0.4, 0.5) is 0 Å². The highest BCUT2D eigenvalue weighted by Crippen LogP contribution is 2.31. The molecule has 1 N–H and O–H groups in total. The Morgan fingerprint density at radius 1 is 0.867 bits per heavy atom. The van der Waals surface area contributed by atoms with Crippen LogP contribution in [0.15, 0.2) is 0 Å². The molecule has 2 atom stereocenters. The summed E-state index contributed by atoms with van der Waals surface area (Å²) in [5.41, 5.74) is 0. The summed E-state index contributed by atoms with van der Waals surface area (Å²) in [6.45, 7) is 11.8. The molecule has 0 heterocycles. The number of hydrogen-bond donors (Lipinski definition) is 1. The summed E-state index contributed by atoms with van der Waals surface area (Å²) in [5.74, 6) is 3.06. The molecule has 0 rings (SSSR count). The van der Waals surface area contributed by atoms with Gasteiger partial charge in [0, 0.05) is 6.61 Å². The standard InChI is InChI=1S/C14H30O/c1-6-13(9-11(2)3)14(7-8-15)10-12(4)5/h11-15H,6-10H2,1-5H3. The predicted octanol–water partition coefficient (Wildman–Crippen LogP) is 4.10. The van der Waals surface area contributed by atoms with Gasteiger partial charge in [0.25, 0.3) is 0 Å². The van der Waals surface area contributed by atoms with Gasteiger partial charge in [0.1, 0.15) is 0 Å². The van der Waals surface area contributed by atoms with E-state index in [1.165, 1.54) is 19.3 Å². The molecule has 0 aliphatic rings. The van der Waals surface area contributed by atoms with E-state index in [0.717, 1.165) is 30.1 Å². The van der Waals surface area contributed by atoms with E-state index in [4.69, 9.17) is 5.11 Å². The van der Waals surface area contributed by atoms with E-state index in [9.17, 15) is 0 Å². The zero-order valence-corrected chi connectivity index (χ0v) is 11.3. The van der Waals surface area contributed by atoms with Gasteiger partial charge in [-0.05, 0) is 42.9 Å². The summed E-state index contributed by atoms with van der Waals surface area (Å²) in [5, 5.41) is 9.13. The second-order valence-electron chi connectivity index (χ2n) is 5.70. The average molecular weight is 214 g/mol. The van der Waals surface area contributed by atoms with Crippen molar-refractivity contribution in [3.05, 3.63) is 0 Å². The van der Waals surface area contributed by atoms with Gasteiger partial charge in [-0.2, -0.15) is 0 Å². The van der Waals surface area contributed by atoms with Crippen LogP contribution in [-0.4, -0.2) is 11.7 Å². The minimum Gasteiger partial charge on any atom is -0.396 e. The van der Waals surface area contributed by atoms with Gasteiger partial charge < -0.3 is 5.11 Å². The van der Waals surface area contributed by atoms with E-state index >= 15 is 0 Å². The Morgan fingerprint density at radius 3 is 1.67 bits per heavy atom. The van der Waals surface area contributed by atoms with Crippen LogP contribution in [0.5, 0.6) is 0 Å². The van der Waals surface area contributed by atoms with Crippen molar-refractivity contribution in [1.82, 2.24) is 0 Å². The summed E-state index contributed by atoms with van der Waals surface area (Å²) < 4.78 is 0. The lowest BCUT2D eigenvalue weighted by Gasteiger charge is -2.28. The molecule has 0 aliphatic heterocycles. The lowest BCUT2D eigenvalue weighted by Crippen LogP contribution is -2.19. The molecule has 0 radical (unpaired) electrons. The molecule has 92 valence electrons. The lowest BCUT2D eigenvalue weighted by molar-refractivity contribution is 0.177. The van der Waals surface area contributed by atoms with Crippen molar-refractivity contribution in [2.45, 2.75) is 60.3 Å². The molecule has 0 aromatic carbocycles. The smallest absolute Gasteiger partial charge is 0.0433 e.